The van der Waals surface area contributed by atoms with Gasteiger partial charge in [-0.3, -0.25) is 4.79 Å². The summed E-state index contributed by atoms with van der Waals surface area (Å²) < 4.78 is 0. The molecular weight excluding hydrogens is 210 g/mol. The first-order valence-electron chi connectivity index (χ1n) is 5.33. The van der Waals surface area contributed by atoms with Crippen LogP contribution < -0.4 is 0 Å². The van der Waals surface area contributed by atoms with E-state index < -0.39 is 5.60 Å². The molecule has 0 radical (unpaired) electrons. The van der Waals surface area contributed by atoms with Gasteiger partial charge in [-0.05, 0) is 19.3 Å². The summed E-state index contributed by atoms with van der Waals surface area (Å²) in [6.45, 7) is 2.05. The fourth-order valence-corrected chi connectivity index (χ4v) is 2.88. The maximum absolute atomic E-state index is 11.1. The topological polar surface area (TPSA) is 50.2 Å². The molecule has 0 aliphatic heterocycles. The van der Waals surface area contributed by atoms with Crippen LogP contribution in [0.4, 0.5) is 0 Å². The molecule has 1 N–H and O–H groups in total. The van der Waals surface area contributed by atoms with Crippen molar-refractivity contribution in [2.75, 3.05) is 0 Å². The SMILES string of the molecule is CCc1ncc(C2(O)CCC(=O)CC2)s1. The van der Waals surface area contributed by atoms with Gasteiger partial charge in [-0.15, -0.1) is 11.3 Å². The van der Waals surface area contributed by atoms with Crippen LogP contribution in [0.25, 0.3) is 0 Å². The molecule has 0 saturated heterocycles. The van der Waals surface area contributed by atoms with Gasteiger partial charge in [0.2, 0.25) is 0 Å². The van der Waals surface area contributed by atoms with Crippen molar-refractivity contribution in [3.63, 3.8) is 0 Å². The molecule has 0 atom stereocenters. The molecule has 1 aromatic heterocycles. The molecule has 0 amide bonds. The van der Waals surface area contributed by atoms with Gasteiger partial charge in [-0.25, -0.2) is 4.98 Å². The molecule has 3 nitrogen and oxygen atoms in total. The summed E-state index contributed by atoms with van der Waals surface area (Å²) in [5.41, 5.74) is -0.793. The van der Waals surface area contributed by atoms with E-state index in [1.807, 2.05) is 0 Å². The van der Waals surface area contributed by atoms with Gasteiger partial charge in [0, 0.05) is 19.0 Å². The molecule has 0 spiro atoms. The van der Waals surface area contributed by atoms with Gasteiger partial charge in [0.15, 0.2) is 0 Å². The first-order valence-corrected chi connectivity index (χ1v) is 6.15. The number of Topliss-reactive ketones (excluding diaryl/α,β-unsaturated/α-hetero) is 1. The van der Waals surface area contributed by atoms with Gasteiger partial charge >= 0.3 is 0 Å². The van der Waals surface area contributed by atoms with E-state index in [0.717, 1.165) is 16.3 Å². The number of aromatic nitrogens is 1. The molecule has 0 unspecified atom stereocenters. The van der Waals surface area contributed by atoms with E-state index in [1.165, 1.54) is 0 Å². The number of aryl methyl sites for hydroxylation is 1. The Bertz CT molecular complexity index is 362. The molecule has 0 bridgehead atoms. The summed E-state index contributed by atoms with van der Waals surface area (Å²) in [5, 5.41) is 11.4. The van der Waals surface area contributed by atoms with Gasteiger partial charge in [-0.2, -0.15) is 0 Å². The highest BCUT2D eigenvalue weighted by molar-refractivity contribution is 7.11. The number of hydrogen-bond donors (Lipinski definition) is 1. The number of thiazole rings is 1. The van der Waals surface area contributed by atoms with Crippen molar-refractivity contribution < 1.29 is 9.90 Å². The lowest BCUT2D eigenvalue weighted by atomic mass is 9.83. The molecule has 15 heavy (non-hydrogen) atoms. The number of ketones is 1. The lowest BCUT2D eigenvalue weighted by Gasteiger charge is -2.29. The Morgan fingerprint density at radius 3 is 2.73 bits per heavy atom. The van der Waals surface area contributed by atoms with Crippen molar-refractivity contribution in [3.8, 4) is 0 Å². The number of hydrogen-bond acceptors (Lipinski definition) is 4. The summed E-state index contributed by atoms with van der Waals surface area (Å²) >= 11 is 1.57. The second-order valence-corrected chi connectivity index (χ2v) is 5.16. The molecule has 1 heterocycles. The minimum absolute atomic E-state index is 0.264. The van der Waals surface area contributed by atoms with Crippen molar-refractivity contribution in [2.24, 2.45) is 0 Å². The second kappa shape index (κ2) is 4.02. The Balaban J connectivity index is 2.18. The number of carbonyl (C=O) groups is 1. The normalized spacial score (nSPS) is 20.5. The maximum atomic E-state index is 11.1. The van der Waals surface area contributed by atoms with Crippen LogP contribution in [0.15, 0.2) is 6.20 Å². The number of nitrogens with zero attached hydrogens (tertiary/aromatic N) is 1. The van der Waals surface area contributed by atoms with E-state index in [-0.39, 0.29) is 5.78 Å². The van der Waals surface area contributed by atoms with Crippen LogP contribution in [0.5, 0.6) is 0 Å². The second-order valence-electron chi connectivity index (χ2n) is 4.04. The Hall–Kier alpha value is -0.740. The molecule has 1 aliphatic rings. The van der Waals surface area contributed by atoms with Crippen molar-refractivity contribution in [3.05, 3.63) is 16.1 Å². The van der Waals surface area contributed by atoms with E-state index in [9.17, 15) is 9.90 Å². The average Bonchev–Trinajstić information content (AvgIpc) is 2.72. The Labute approximate surface area is 93.2 Å². The van der Waals surface area contributed by atoms with Crippen molar-refractivity contribution in [2.45, 2.75) is 44.6 Å². The molecule has 82 valence electrons. The van der Waals surface area contributed by atoms with Gasteiger partial charge in [-0.1, -0.05) is 6.92 Å². The van der Waals surface area contributed by atoms with Crippen molar-refractivity contribution in [1.29, 1.82) is 0 Å². The molecule has 0 aromatic carbocycles. The highest BCUT2D eigenvalue weighted by Crippen LogP contribution is 2.38. The van der Waals surface area contributed by atoms with E-state index in [1.54, 1.807) is 17.5 Å². The molecule has 1 aromatic rings. The smallest absolute Gasteiger partial charge is 0.133 e. The van der Waals surface area contributed by atoms with Crippen LogP contribution in [0, 0.1) is 0 Å². The van der Waals surface area contributed by atoms with E-state index >= 15 is 0 Å². The minimum atomic E-state index is -0.793. The zero-order valence-corrected chi connectivity index (χ0v) is 9.64. The fraction of sp³-hybridized carbons (Fsp3) is 0.636. The van der Waals surface area contributed by atoms with Crippen LogP contribution in [0.3, 0.4) is 0 Å². The molecule has 1 saturated carbocycles. The average molecular weight is 225 g/mol. The van der Waals surface area contributed by atoms with Crippen LogP contribution in [0.2, 0.25) is 0 Å². The van der Waals surface area contributed by atoms with Crippen LogP contribution >= 0.6 is 11.3 Å². The largest absolute Gasteiger partial charge is 0.384 e. The van der Waals surface area contributed by atoms with E-state index in [2.05, 4.69) is 11.9 Å². The van der Waals surface area contributed by atoms with Gasteiger partial charge in [0.1, 0.15) is 11.4 Å². The van der Waals surface area contributed by atoms with Gasteiger partial charge < -0.3 is 5.11 Å². The summed E-state index contributed by atoms with van der Waals surface area (Å²) in [6.07, 6.45) is 4.76. The zero-order valence-electron chi connectivity index (χ0n) is 8.82. The summed E-state index contributed by atoms with van der Waals surface area (Å²) in [6, 6.07) is 0. The van der Waals surface area contributed by atoms with Crippen LogP contribution in [0.1, 0.15) is 42.5 Å². The minimum Gasteiger partial charge on any atom is -0.384 e. The molecule has 4 heteroatoms. The van der Waals surface area contributed by atoms with Crippen molar-refractivity contribution >= 4 is 17.1 Å². The zero-order chi connectivity index (χ0) is 10.9. The van der Waals surface area contributed by atoms with Crippen molar-refractivity contribution in [1.82, 2.24) is 4.98 Å². The molecule has 1 aliphatic carbocycles. The third-order valence-electron chi connectivity index (χ3n) is 2.95. The number of aliphatic hydroxyl groups is 1. The quantitative estimate of drug-likeness (QED) is 0.838. The fourth-order valence-electron chi connectivity index (χ4n) is 1.88. The third-order valence-corrected chi connectivity index (χ3v) is 4.28. The summed E-state index contributed by atoms with van der Waals surface area (Å²) in [4.78, 5) is 16.3. The van der Waals surface area contributed by atoms with Crippen LogP contribution in [-0.4, -0.2) is 15.9 Å². The molecule has 2 rings (SSSR count). The van der Waals surface area contributed by atoms with Crippen LogP contribution in [-0.2, 0) is 16.8 Å². The molecule has 1 fully saturated rings. The predicted molar refractivity (Wildman–Crippen MR) is 58.9 cm³/mol. The highest BCUT2D eigenvalue weighted by Gasteiger charge is 2.35. The molecular formula is C11H15NO2S. The first kappa shape index (κ1) is 10.8. The summed E-state index contributed by atoms with van der Waals surface area (Å²) in [7, 11) is 0. The predicted octanol–water partition coefficient (Wildman–Crippen LogP) is 2.04. The Morgan fingerprint density at radius 2 is 2.20 bits per heavy atom. The lowest BCUT2D eigenvalue weighted by Crippen LogP contribution is -2.30. The highest BCUT2D eigenvalue weighted by atomic mass is 32.1. The Morgan fingerprint density at radius 1 is 1.53 bits per heavy atom. The maximum Gasteiger partial charge on any atom is 0.133 e. The third kappa shape index (κ3) is 2.11. The van der Waals surface area contributed by atoms with Gasteiger partial charge in [0.25, 0.3) is 0 Å². The first-order chi connectivity index (χ1) is 7.14. The number of carbonyl (C=O) groups excluding carboxylic acids is 1. The standard InChI is InChI=1S/C11H15NO2S/c1-2-10-12-7-9(15-10)11(14)5-3-8(13)4-6-11/h7,14H,2-6H2,1H3. The number of rotatable bonds is 2. The Kier molecular flexibility index (Phi) is 2.89. The van der Waals surface area contributed by atoms with Gasteiger partial charge in [0.05, 0.1) is 9.88 Å². The van der Waals surface area contributed by atoms with E-state index in [4.69, 9.17) is 0 Å². The summed E-state index contributed by atoms with van der Waals surface area (Å²) in [5.74, 6) is 0.264. The van der Waals surface area contributed by atoms with E-state index in [0.29, 0.717) is 25.7 Å². The lowest BCUT2D eigenvalue weighted by molar-refractivity contribution is -0.125. The monoisotopic (exact) mass is 225 g/mol.